The van der Waals surface area contributed by atoms with E-state index in [1.807, 2.05) is 6.07 Å². The maximum absolute atomic E-state index is 12.2. The SMILES string of the molecule is Nc1ccc2c(c1)NC(=O)C1(CCCCC1)O2. The molecule has 1 spiro atoms. The van der Waals surface area contributed by atoms with Crippen LogP contribution >= 0.6 is 0 Å². The summed E-state index contributed by atoms with van der Waals surface area (Å²) in [6.07, 6.45) is 4.91. The van der Waals surface area contributed by atoms with Crippen molar-refractivity contribution in [2.24, 2.45) is 0 Å². The van der Waals surface area contributed by atoms with Crippen molar-refractivity contribution < 1.29 is 9.53 Å². The van der Waals surface area contributed by atoms with Gasteiger partial charge < -0.3 is 15.8 Å². The van der Waals surface area contributed by atoms with Gasteiger partial charge in [0.15, 0.2) is 5.60 Å². The highest BCUT2D eigenvalue weighted by Crippen LogP contribution is 2.41. The van der Waals surface area contributed by atoms with Gasteiger partial charge in [-0.1, -0.05) is 6.42 Å². The molecule has 1 heterocycles. The highest BCUT2D eigenvalue weighted by atomic mass is 16.5. The van der Waals surface area contributed by atoms with Crippen molar-refractivity contribution in [3.05, 3.63) is 18.2 Å². The molecule has 90 valence electrons. The van der Waals surface area contributed by atoms with E-state index in [1.54, 1.807) is 12.1 Å². The zero-order chi connectivity index (χ0) is 11.9. The number of fused-ring (bicyclic) bond motifs is 1. The van der Waals surface area contributed by atoms with E-state index in [9.17, 15) is 4.79 Å². The normalized spacial score (nSPS) is 21.5. The Bertz CT molecular complexity index is 464. The largest absolute Gasteiger partial charge is 0.475 e. The Balaban J connectivity index is 1.97. The number of anilines is 2. The fourth-order valence-corrected chi connectivity index (χ4v) is 2.68. The molecule has 4 nitrogen and oxygen atoms in total. The molecular weight excluding hydrogens is 216 g/mol. The quantitative estimate of drug-likeness (QED) is 0.674. The molecule has 1 aromatic carbocycles. The first kappa shape index (κ1) is 10.4. The van der Waals surface area contributed by atoms with Crippen LogP contribution in [-0.4, -0.2) is 11.5 Å². The highest BCUT2D eigenvalue weighted by molar-refractivity contribution is 6.01. The summed E-state index contributed by atoms with van der Waals surface area (Å²) in [6, 6.07) is 5.37. The van der Waals surface area contributed by atoms with E-state index in [0.717, 1.165) is 31.4 Å². The van der Waals surface area contributed by atoms with Gasteiger partial charge in [-0.3, -0.25) is 4.79 Å². The maximum Gasteiger partial charge on any atom is 0.268 e. The predicted octanol–water partition coefficient (Wildman–Crippen LogP) is 2.30. The van der Waals surface area contributed by atoms with Gasteiger partial charge in [-0.25, -0.2) is 0 Å². The lowest BCUT2D eigenvalue weighted by atomic mass is 9.83. The summed E-state index contributed by atoms with van der Waals surface area (Å²) in [6.45, 7) is 0. The summed E-state index contributed by atoms with van der Waals surface area (Å²) in [5.74, 6) is 0.719. The molecule has 0 aromatic heterocycles. The third-order valence-electron chi connectivity index (χ3n) is 3.63. The van der Waals surface area contributed by atoms with Gasteiger partial charge in [-0.05, 0) is 43.9 Å². The lowest BCUT2D eigenvalue weighted by Gasteiger charge is -2.39. The number of nitrogens with one attached hydrogen (secondary N) is 1. The second-order valence-electron chi connectivity index (χ2n) is 4.87. The molecule has 1 amide bonds. The molecule has 0 atom stereocenters. The highest BCUT2D eigenvalue weighted by Gasteiger charge is 2.45. The number of nitrogens with two attached hydrogens (primary N) is 1. The molecule has 0 radical (unpaired) electrons. The third-order valence-corrected chi connectivity index (χ3v) is 3.63. The first-order valence-electron chi connectivity index (χ1n) is 6.10. The minimum absolute atomic E-state index is 0.0182. The lowest BCUT2D eigenvalue weighted by Crippen LogP contribution is -2.51. The summed E-state index contributed by atoms with van der Waals surface area (Å²) < 4.78 is 5.96. The van der Waals surface area contributed by atoms with Crippen LogP contribution < -0.4 is 15.8 Å². The number of nitrogen functional groups attached to an aromatic ring is 1. The van der Waals surface area contributed by atoms with Crippen molar-refractivity contribution in [3.63, 3.8) is 0 Å². The molecule has 1 aliphatic heterocycles. The topological polar surface area (TPSA) is 64.3 Å². The van der Waals surface area contributed by atoms with Crippen molar-refractivity contribution in [3.8, 4) is 5.75 Å². The molecule has 1 aromatic rings. The molecule has 1 saturated carbocycles. The van der Waals surface area contributed by atoms with Gasteiger partial charge in [0.2, 0.25) is 0 Å². The molecule has 0 bridgehead atoms. The van der Waals surface area contributed by atoms with Crippen LogP contribution in [0.1, 0.15) is 32.1 Å². The van der Waals surface area contributed by atoms with Gasteiger partial charge in [-0.2, -0.15) is 0 Å². The van der Waals surface area contributed by atoms with Gasteiger partial charge in [0, 0.05) is 5.69 Å². The monoisotopic (exact) mass is 232 g/mol. The first-order chi connectivity index (χ1) is 8.20. The van der Waals surface area contributed by atoms with E-state index in [2.05, 4.69) is 5.32 Å². The molecule has 4 heteroatoms. The van der Waals surface area contributed by atoms with Crippen LogP contribution in [0, 0.1) is 0 Å². The van der Waals surface area contributed by atoms with Gasteiger partial charge in [-0.15, -0.1) is 0 Å². The average molecular weight is 232 g/mol. The van der Waals surface area contributed by atoms with Crippen molar-refractivity contribution in [1.82, 2.24) is 0 Å². The van der Waals surface area contributed by atoms with Crippen LogP contribution in [0.15, 0.2) is 18.2 Å². The van der Waals surface area contributed by atoms with E-state index >= 15 is 0 Å². The van der Waals surface area contributed by atoms with Crippen molar-refractivity contribution >= 4 is 17.3 Å². The molecule has 3 rings (SSSR count). The number of carbonyl (C=O) groups is 1. The Hall–Kier alpha value is -1.71. The fraction of sp³-hybridized carbons (Fsp3) is 0.462. The van der Waals surface area contributed by atoms with Gasteiger partial charge in [0.1, 0.15) is 5.75 Å². The van der Waals surface area contributed by atoms with Crippen LogP contribution in [0.5, 0.6) is 5.75 Å². The van der Waals surface area contributed by atoms with Crippen molar-refractivity contribution in [1.29, 1.82) is 0 Å². The van der Waals surface area contributed by atoms with E-state index < -0.39 is 5.60 Å². The summed E-state index contributed by atoms with van der Waals surface area (Å²) >= 11 is 0. The van der Waals surface area contributed by atoms with E-state index in [0.29, 0.717) is 11.4 Å². The molecule has 3 N–H and O–H groups in total. The van der Waals surface area contributed by atoms with Gasteiger partial charge in [0.25, 0.3) is 5.91 Å². The smallest absolute Gasteiger partial charge is 0.268 e. The zero-order valence-corrected chi connectivity index (χ0v) is 9.66. The van der Waals surface area contributed by atoms with Crippen molar-refractivity contribution in [2.45, 2.75) is 37.7 Å². The minimum atomic E-state index is -0.638. The number of benzene rings is 1. The molecule has 1 aliphatic carbocycles. The Morgan fingerprint density at radius 1 is 1.24 bits per heavy atom. The number of amides is 1. The number of hydrogen-bond acceptors (Lipinski definition) is 3. The number of ether oxygens (including phenoxy) is 1. The number of rotatable bonds is 0. The van der Waals surface area contributed by atoms with E-state index in [1.165, 1.54) is 6.42 Å². The van der Waals surface area contributed by atoms with E-state index in [-0.39, 0.29) is 5.91 Å². The Morgan fingerprint density at radius 3 is 2.76 bits per heavy atom. The van der Waals surface area contributed by atoms with E-state index in [4.69, 9.17) is 10.5 Å². The molecule has 0 unspecified atom stereocenters. The molecule has 0 saturated heterocycles. The van der Waals surface area contributed by atoms with Crippen LogP contribution in [0.2, 0.25) is 0 Å². The summed E-state index contributed by atoms with van der Waals surface area (Å²) in [7, 11) is 0. The molecular formula is C13H16N2O2. The second kappa shape index (κ2) is 3.65. The fourth-order valence-electron chi connectivity index (χ4n) is 2.68. The Morgan fingerprint density at radius 2 is 2.00 bits per heavy atom. The maximum atomic E-state index is 12.2. The Labute approximate surface area is 100 Å². The second-order valence-corrected chi connectivity index (χ2v) is 4.87. The number of carbonyl (C=O) groups excluding carboxylic acids is 1. The predicted molar refractivity (Wildman–Crippen MR) is 65.9 cm³/mol. The van der Waals surface area contributed by atoms with Gasteiger partial charge >= 0.3 is 0 Å². The summed E-state index contributed by atoms with van der Waals surface area (Å²) in [5.41, 5.74) is 6.37. The van der Waals surface area contributed by atoms with Crippen LogP contribution in [0.25, 0.3) is 0 Å². The molecule has 17 heavy (non-hydrogen) atoms. The molecule has 1 fully saturated rings. The Kier molecular flexibility index (Phi) is 2.24. The van der Waals surface area contributed by atoms with Crippen LogP contribution in [0.3, 0.4) is 0 Å². The standard InChI is InChI=1S/C13H16N2O2/c14-9-4-5-11-10(8-9)15-12(16)13(17-11)6-2-1-3-7-13/h4-5,8H,1-3,6-7,14H2,(H,15,16). The van der Waals surface area contributed by atoms with Crippen molar-refractivity contribution in [2.75, 3.05) is 11.1 Å². The first-order valence-corrected chi connectivity index (χ1v) is 6.10. The molecule has 2 aliphatic rings. The summed E-state index contributed by atoms with van der Waals surface area (Å²) in [5, 5.41) is 2.92. The summed E-state index contributed by atoms with van der Waals surface area (Å²) in [4.78, 5) is 12.2. The minimum Gasteiger partial charge on any atom is -0.475 e. The zero-order valence-electron chi connectivity index (χ0n) is 9.66. The van der Waals surface area contributed by atoms with Crippen LogP contribution in [-0.2, 0) is 4.79 Å². The number of hydrogen-bond donors (Lipinski definition) is 2. The van der Waals surface area contributed by atoms with Crippen LogP contribution in [0.4, 0.5) is 11.4 Å². The lowest BCUT2D eigenvalue weighted by molar-refractivity contribution is -0.135. The third kappa shape index (κ3) is 1.64. The van der Waals surface area contributed by atoms with Gasteiger partial charge in [0.05, 0.1) is 5.69 Å². The average Bonchev–Trinajstić information content (AvgIpc) is 2.33.